The van der Waals surface area contributed by atoms with Gasteiger partial charge in [-0.05, 0) is 52.4 Å². The number of Topliss-reactive ketones (excluding diaryl/α,β-unsaturated/α-hetero) is 1. The molecule has 0 bridgehead atoms. The van der Waals surface area contributed by atoms with Crippen molar-refractivity contribution in [1.82, 2.24) is 0 Å². The molecule has 11 heteroatoms. The number of esters is 2. The molecule has 0 amide bonds. The zero-order chi connectivity index (χ0) is 26.4. The number of ether oxygens (including phenoxy) is 2. The van der Waals surface area contributed by atoms with Crippen LogP contribution in [0.3, 0.4) is 0 Å². The Morgan fingerprint density at radius 1 is 0.829 bits per heavy atom. The van der Waals surface area contributed by atoms with E-state index in [1.165, 1.54) is 36.4 Å². The summed E-state index contributed by atoms with van der Waals surface area (Å²) in [6.07, 6.45) is -0.706. The van der Waals surface area contributed by atoms with Crippen LogP contribution in [0.4, 0.5) is 0 Å². The minimum absolute atomic E-state index is 0.0407. The van der Waals surface area contributed by atoms with Crippen LogP contribution in [0.2, 0.25) is 5.02 Å². The van der Waals surface area contributed by atoms with Gasteiger partial charge in [-0.15, -0.1) is 0 Å². The van der Waals surface area contributed by atoms with Crippen LogP contribution < -0.4 is 0 Å². The maximum Gasteiger partial charge on any atom is 0.325 e. The van der Waals surface area contributed by atoms with Gasteiger partial charge in [0.2, 0.25) is 5.41 Å². The second kappa shape index (κ2) is 11.6. The Bertz CT molecular complexity index is 1110. The summed E-state index contributed by atoms with van der Waals surface area (Å²) in [5.41, 5.74) is -4.89. The molecule has 9 nitrogen and oxygen atoms in total. The Morgan fingerprint density at radius 3 is 1.77 bits per heavy atom. The molecule has 0 aliphatic carbocycles. The van der Waals surface area contributed by atoms with E-state index in [0.29, 0.717) is 0 Å². The van der Waals surface area contributed by atoms with E-state index in [1.807, 2.05) is 22.6 Å². The van der Waals surface area contributed by atoms with Gasteiger partial charge in [0.25, 0.3) is 0 Å². The Morgan fingerprint density at radius 2 is 1.31 bits per heavy atom. The third-order valence-electron chi connectivity index (χ3n) is 5.59. The van der Waals surface area contributed by atoms with E-state index in [1.54, 1.807) is 12.1 Å². The van der Waals surface area contributed by atoms with Crippen LogP contribution in [0, 0.1) is 8.99 Å². The Kier molecular flexibility index (Phi) is 9.38. The highest BCUT2D eigenvalue weighted by Gasteiger charge is 2.65. The van der Waals surface area contributed by atoms with Crippen molar-refractivity contribution in [2.45, 2.75) is 25.7 Å². The van der Waals surface area contributed by atoms with E-state index in [9.17, 15) is 34.2 Å². The van der Waals surface area contributed by atoms with Crippen LogP contribution >= 0.6 is 34.2 Å². The number of benzene rings is 2. The van der Waals surface area contributed by atoms with Crippen molar-refractivity contribution in [3.8, 4) is 0 Å². The molecular formula is C24H22ClIO9. The molecule has 0 fully saturated rings. The van der Waals surface area contributed by atoms with Crippen LogP contribution in [-0.4, -0.2) is 53.1 Å². The maximum absolute atomic E-state index is 13.4. The maximum atomic E-state index is 13.4. The Balaban J connectivity index is 2.89. The first kappa shape index (κ1) is 28.2. The molecule has 1 unspecified atom stereocenters. The number of carbonyl (C=O) groups is 5. The zero-order valence-electron chi connectivity index (χ0n) is 18.7. The van der Waals surface area contributed by atoms with Gasteiger partial charge in [0.05, 0.1) is 5.41 Å². The molecule has 0 aliphatic heterocycles. The van der Waals surface area contributed by atoms with Gasteiger partial charge in [-0.2, -0.15) is 0 Å². The molecule has 2 aromatic carbocycles. The molecule has 0 radical (unpaired) electrons. The summed E-state index contributed by atoms with van der Waals surface area (Å²) in [7, 11) is 0. The molecule has 35 heavy (non-hydrogen) atoms. The number of carboxylic acids is 2. The zero-order valence-corrected chi connectivity index (χ0v) is 21.7. The fourth-order valence-electron chi connectivity index (χ4n) is 3.73. The summed E-state index contributed by atoms with van der Waals surface area (Å²) in [5.74, 6) is -6.15. The lowest BCUT2D eigenvalue weighted by molar-refractivity contribution is -0.183. The number of rotatable bonds is 11. The molecule has 186 valence electrons. The standard InChI is InChI=1S/C24H22ClIO9/c1-14(27)34-12-23(17-5-7-18(25)8-6-17,11-20(29)16-3-9-19(26)10-4-16)24(21(30)31,22(32)33)13-35-15(2)28/h3-10H,11-13H2,1-2H3,(H,30,31)(H,32,33). The Hall–Kier alpha value is -2.99. The van der Waals surface area contributed by atoms with Crippen LogP contribution in [0.25, 0.3) is 0 Å². The first-order valence-electron chi connectivity index (χ1n) is 10.1. The van der Waals surface area contributed by atoms with E-state index in [4.69, 9.17) is 21.1 Å². The van der Waals surface area contributed by atoms with Crippen LogP contribution in [0.5, 0.6) is 0 Å². The smallest absolute Gasteiger partial charge is 0.325 e. The van der Waals surface area contributed by atoms with E-state index < -0.39 is 60.1 Å². The molecule has 2 N–H and O–H groups in total. The van der Waals surface area contributed by atoms with Crippen molar-refractivity contribution < 1.29 is 43.7 Å². The first-order chi connectivity index (χ1) is 16.4. The third-order valence-corrected chi connectivity index (χ3v) is 6.56. The van der Waals surface area contributed by atoms with E-state index in [-0.39, 0.29) is 16.1 Å². The lowest BCUT2D eigenvalue weighted by atomic mass is 9.57. The van der Waals surface area contributed by atoms with Crippen molar-refractivity contribution in [3.05, 3.63) is 68.3 Å². The molecule has 0 aromatic heterocycles. The Labute approximate surface area is 219 Å². The summed E-state index contributed by atoms with van der Waals surface area (Å²) in [6, 6.07) is 11.8. The van der Waals surface area contributed by atoms with Gasteiger partial charge in [0, 0.05) is 34.4 Å². The first-order valence-corrected chi connectivity index (χ1v) is 11.6. The van der Waals surface area contributed by atoms with Crippen LogP contribution in [-0.2, 0) is 34.1 Å². The third kappa shape index (κ3) is 6.17. The van der Waals surface area contributed by atoms with Crippen molar-refractivity contribution in [2.24, 2.45) is 5.41 Å². The molecule has 0 saturated carbocycles. The quantitative estimate of drug-likeness (QED) is 0.167. The molecule has 0 saturated heterocycles. The molecule has 2 rings (SSSR count). The largest absolute Gasteiger partial charge is 0.480 e. The number of hydrogen-bond acceptors (Lipinski definition) is 7. The molecular weight excluding hydrogens is 595 g/mol. The van der Waals surface area contributed by atoms with Crippen molar-refractivity contribution in [1.29, 1.82) is 0 Å². The normalized spacial score (nSPS) is 12.8. The number of aliphatic carboxylic acids is 2. The molecule has 0 aliphatic rings. The van der Waals surface area contributed by atoms with Gasteiger partial charge in [-0.1, -0.05) is 35.9 Å². The highest BCUT2D eigenvalue weighted by Crippen LogP contribution is 2.48. The average Bonchev–Trinajstić information content (AvgIpc) is 2.77. The minimum atomic E-state index is -2.92. The van der Waals surface area contributed by atoms with Crippen LogP contribution in [0.1, 0.15) is 36.2 Å². The molecule has 2 aromatic rings. The summed E-state index contributed by atoms with van der Waals surface area (Å²) >= 11 is 8.04. The number of carboxylic acid groups (broad SMARTS) is 2. The molecule has 0 spiro atoms. The van der Waals surface area contributed by atoms with Gasteiger partial charge < -0.3 is 19.7 Å². The number of hydrogen-bond donors (Lipinski definition) is 2. The number of carbonyl (C=O) groups excluding carboxylic acids is 3. The molecule has 0 heterocycles. The fraction of sp³-hybridized carbons (Fsp3) is 0.292. The van der Waals surface area contributed by atoms with Gasteiger partial charge in [-0.25, -0.2) is 0 Å². The summed E-state index contributed by atoms with van der Waals surface area (Å²) in [6.45, 7) is 0.112. The van der Waals surface area contributed by atoms with Gasteiger partial charge in [0.15, 0.2) is 5.78 Å². The van der Waals surface area contributed by atoms with Crippen molar-refractivity contribution in [3.63, 3.8) is 0 Å². The lowest BCUT2D eigenvalue weighted by Crippen LogP contribution is -2.62. The number of halogens is 2. The topological polar surface area (TPSA) is 144 Å². The average molecular weight is 617 g/mol. The second-order valence-electron chi connectivity index (χ2n) is 7.77. The van der Waals surface area contributed by atoms with E-state index in [0.717, 1.165) is 17.4 Å². The highest BCUT2D eigenvalue weighted by atomic mass is 127. The predicted molar refractivity (Wildman–Crippen MR) is 132 cm³/mol. The SMILES string of the molecule is CC(=O)OCC(C(=O)O)(C(=O)O)C(COC(C)=O)(CC(=O)c1ccc(I)cc1)c1ccc(Cl)cc1. The fourth-order valence-corrected chi connectivity index (χ4v) is 4.22. The number of ketones is 1. The molecule has 1 atom stereocenters. The lowest BCUT2D eigenvalue weighted by Gasteiger charge is -2.44. The van der Waals surface area contributed by atoms with E-state index in [2.05, 4.69) is 0 Å². The van der Waals surface area contributed by atoms with Crippen molar-refractivity contribution >= 4 is 63.9 Å². The monoisotopic (exact) mass is 616 g/mol. The van der Waals surface area contributed by atoms with Gasteiger partial charge in [-0.3, -0.25) is 24.0 Å². The van der Waals surface area contributed by atoms with Crippen LogP contribution in [0.15, 0.2) is 48.5 Å². The minimum Gasteiger partial charge on any atom is -0.480 e. The highest BCUT2D eigenvalue weighted by molar-refractivity contribution is 14.1. The summed E-state index contributed by atoms with van der Waals surface area (Å²) < 4.78 is 10.9. The van der Waals surface area contributed by atoms with Gasteiger partial charge in [0.1, 0.15) is 13.2 Å². The van der Waals surface area contributed by atoms with Gasteiger partial charge >= 0.3 is 23.9 Å². The van der Waals surface area contributed by atoms with Crippen molar-refractivity contribution in [2.75, 3.05) is 13.2 Å². The van der Waals surface area contributed by atoms with E-state index >= 15 is 0 Å². The predicted octanol–water partition coefficient (Wildman–Crippen LogP) is 3.74. The second-order valence-corrected chi connectivity index (χ2v) is 9.45. The summed E-state index contributed by atoms with van der Waals surface area (Å²) in [4.78, 5) is 62.3. The summed E-state index contributed by atoms with van der Waals surface area (Å²) in [5, 5.41) is 20.8.